The van der Waals surface area contributed by atoms with Crippen molar-refractivity contribution in [1.29, 1.82) is 0 Å². The molecule has 29 heavy (non-hydrogen) atoms. The van der Waals surface area contributed by atoms with Crippen LogP contribution in [0, 0.1) is 11.7 Å². The molecule has 3 heterocycles. The third-order valence-electron chi connectivity index (χ3n) is 6.38. The summed E-state index contributed by atoms with van der Waals surface area (Å²) < 4.78 is 19.8. The molecular formula is C23H31FN2O2S. The molecule has 0 radical (unpaired) electrons. The SMILES string of the molecule is CC1CC=C(NC(=O)C2CCCCN2CC2CCOCC2)Sc2cccc(F)c21. The fraction of sp³-hybridized carbons (Fsp3) is 0.609. The van der Waals surface area contributed by atoms with Gasteiger partial charge in [0.2, 0.25) is 5.91 Å². The van der Waals surface area contributed by atoms with Crippen LogP contribution in [0.1, 0.15) is 56.9 Å². The molecule has 0 aliphatic carbocycles. The van der Waals surface area contributed by atoms with Crippen molar-refractivity contribution in [1.82, 2.24) is 10.2 Å². The number of halogens is 1. The lowest BCUT2D eigenvalue weighted by molar-refractivity contribution is -0.127. The Morgan fingerprint density at radius 2 is 2.10 bits per heavy atom. The van der Waals surface area contributed by atoms with Crippen LogP contribution < -0.4 is 5.32 Å². The molecule has 0 bridgehead atoms. The van der Waals surface area contributed by atoms with E-state index in [2.05, 4.69) is 16.3 Å². The van der Waals surface area contributed by atoms with E-state index < -0.39 is 0 Å². The summed E-state index contributed by atoms with van der Waals surface area (Å²) in [6.45, 7) is 5.70. The Kier molecular flexibility index (Phi) is 6.93. The summed E-state index contributed by atoms with van der Waals surface area (Å²) >= 11 is 1.48. The highest BCUT2D eigenvalue weighted by atomic mass is 32.2. The van der Waals surface area contributed by atoms with Crippen molar-refractivity contribution in [3.63, 3.8) is 0 Å². The van der Waals surface area contributed by atoms with Gasteiger partial charge in [0, 0.05) is 30.2 Å². The van der Waals surface area contributed by atoms with E-state index in [9.17, 15) is 9.18 Å². The van der Waals surface area contributed by atoms with Gasteiger partial charge in [-0.1, -0.05) is 37.2 Å². The van der Waals surface area contributed by atoms with E-state index in [1.807, 2.05) is 13.0 Å². The van der Waals surface area contributed by atoms with Crippen molar-refractivity contribution in [3.05, 3.63) is 40.7 Å². The number of allylic oxidation sites excluding steroid dienone is 1. The highest BCUT2D eigenvalue weighted by Crippen LogP contribution is 2.39. The number of fused-ring (bicyclic) bond motifs is 1. The summed E-state index contributed by atoms with van der Waals surface area (Å²) in [5, 5.41) is 4.01. The van der Waals surface area contributed by atoms with Gasteiger partial charge in [0.1, 0.15) is 5.82 Å². The van der Waals surface area contributed by atoms with Crippen LogP contribution in [0.4, 0.5) is 4.39 Å². The molecule has 0 saturated carbocycles. The van der Waals surface area contributed by atoms with Gasteiger partial charge < -0.3 is 10.1 Å². The molecular weight excluding hydrogens is 387 g/mol. The monoisotopic (exact) mass is 418 g/mol. The quantitative estimate of drug-likeness (QED) is 0.772. The van der Waals surface area contributed by atoms with Crippen LogP contribution in [0.3, 0.4) is 0 Å². The van der Waals surface area contributed by atoms with Crippen LogP contribution in [0.25, 0.3) is 0 Å². The molecule has 2 atom stereocenters. The number of hydrogen-bond acceptors (Lipinski definition) is 4. The number of ether oxygens (including phenoxy) is 1. The molecule has 1 aromatic carbocycles. The summed E-state index contributed by atoms with van der Waals surface area (Å²) in [5.74, 6) is 0.661. The van der Waals surface area contributed by atoms with Crippen molar-refractivity contribution in [3.8, 4) is 0 Å². The molecule has 2 saturated heterocycles. The van der Waals surface area contributed by atoms with Gasteiger partial charge in [0.15, 0.2) is 0 Å². The predicted octanol–water partition coefficient (Wildman–Crippen LogP) is 4.66. The van der Waals surface area contributed by atoms with Crippen molar-refractivity contribution in [2.45, 2.75) is 62.3 Å². The van der Waals surface area contributed by atoms with Gasteiger partial charge >= 0.3 is 0 Å². The summed E-state index contributed by atoms with van der Waals surface area (Å²) in [5.41, 5.74) is 0.761. The number of thioether (sulfide) groups is 1. The van der Waals surface area contributed by atoms with E-state index in [4.69, 9.17) is 4.74 Å². The smallest absolute Gasteiger partial charge is 0.242 e. The number of benzene rings is 1. The van der Waals surface area contributed by atoms with Crippen LogP contribution in [-0.2, 0) is 9.53 Å². The second-order valence-electron chi connectivity index (χ2n) is 8.51. The molecule has 6 heteroatoms. The zero-order chi connectivity index (χ0) is 20.2. The first-order valence-electron chi connectivity index (χ1n) is 10.9. The molecule has 158 valence electrons. The van der Waals surface area contributed by atoms with Crippen LogP contribution in [0.5, 0.6) is 0 Å². The van der Waals surface area contributed by atoms with E-state index in [0.29, 0.717) is 5.92 Å². The topological polar surface area (TPSA) is 41.6 Å². The van der Waals surface area contributed by atoms with Gasteiger partial charge in [-0.2, -0.15) is 0 Å². The molecule has 4 nitrogen and oxygen atoms in total. The Labute approximate surface area is 177 Å². The van der Waals surface area contributed by atoms with Gasteiger partial charge in [-0.05, 0) is 62.6 Å². The first kappa shape index (κ1) is 20.9. The van der Waals surface area contributed by atoms with E-state index in [1.54, 1.807) is 6.07 Å². The second-order valence-corrected chi connectivity index (χ2v) is 9.59. The maximum Gasteiger partial charge on any atom is 0.242 e. The number of amides is 1. The van der Waals surface area contributed by atoms with Crippen LogP contribution >= 0.6 is 11.8 Å². The fourth-order valence-electron chi connectivity index (χ4n) is 4.69. The minimum absolute atomic E-state index is 0.0687. The molecule has 1 amide bonds. The van der Waals surface area contributed by atoms with Crippen molar-refractivity contribution in [2.75, 3.05) is 26.3 Å². The average molecular weight is 419 g/mol. The first-order chi connectivity index (χ1) is 14.1. The molecule has 2 unspecified atom stereocenters. The summed E-state index contributed by atoms with van der Waals surface area (Å²) in [4.78, 5) is 16.5. The third kappa shape index (κ3) is 5.04. The fourth-order valence-corrected chi connectivity index (χ4v) is 5.82. The van der Waals surface area contributed by atoms with E-state index in [1.165, 1.54) is 17.8 Å². The molecule has 1 aromatic rings. The molecule has 3 aliphatic heterocycles. The first-order valence-corrected chi connectivity index (χ1v) is 11.7. The highest BCUT2D eigenvalue weighted by molar-refractivity contribution is 8.03. The number of likely N-dealkylation sites (tertiary alicyclic amines) is 1. The van der Waals surface area contributed by atoms with Gasteiger partial charge in [-0.15, -0.1) is 0 Å². The van der Waals surface area contributed by atoms with E-state index >= 15 is 0 Å². The third-order valence-corrected chi connectivity index (χ3v) is 7.44. The largest absolute Gasteiger partial charge is 0.381 e. The lowest BCUT2D eigenvalue weighted by atomic mass is 9.95. The Morgan fingerprint density at radius 1 is 1.28 bits per heavy atom. The normalized spacial score (nSPS) is 26.3. The lowest BCUT2D eigenvalue weighted by Gasteiger charge is -2.37. The Balaban J connectivity index is 1.43. The van der Waals surface area contributed by atoms with Crippen molar-refractivity contribution < 1.29 is 13.9 Å². The lowest BCUT2D eigenvalue weighted by Crippen LogP contribution is -2.50. The Hall–Kier alpha value is -1.37. The number of carbonyl (C=O) groups is 1. The maximum absolute atomic E-state index is 14.3. The minimum Gasteiger partial charge on any atom is -0.381 e. The molecule has 4 rings (SSSR count). The molecule has 3 aliphatic rings. The van der Waals surface area contributed by atoms with Crippen molar-refractivity contribution >= 4 is 17.7 Å². The van der Waals surface area contributed by atoms with E-state index in [-0.39, 0.29) is 23.7 Å². The van der Waals surface area contributed by atoms with E-state index in [0.717, 1.165) is 80.3 Å². The molecule has 2 fully saturated rings. The van der Waals surface area contributed by atoms with Crippen LogP contribution in [0.15, 0.2) is 34.2 Å². The number of nitrogens with zero attached hydrogens (tertiary/aromatic N) is 1. The standard InChI is InChI=1S/C23H31FN2O2S/c1-16-8-9-21(29-20-7-4-5-18(24)22(16)20)25-23(27)19-6-2-3-12-26(19)15-17-10-13-28-14-11-17/h4-5,7,9,16-17,19H,2-3,6,8,10-15H2,1H3,(H,25,27). The zero-order valence-electron chi connectivity index (χ0n) is 17.2. The maximum atomic E-state index is 14.3. The number of hydrogen-bond donors (Lipinski definition) is 1. The van der Waals surface area contributed by atoms with Gasteiger partial charge in [0.25, 0.3) is 0 Å². The number of carbonyl (C=O) groups excluding carboxylic acids is 1. The Morgan fingerprint density at radius 3 is 2.93 bits per heavy atom. The number of piperidine rings is 1. The minimum atomic E-state index is -0.154. The molecule has 0 spiro atoms. The molecule has 1 N–H and O–H groups in total. The molecule has 0 aromatic heterocycles. The van der Waals surface area contributed by atoms with Crippen molar-refractivity contribution in [2.24, 2.45) is 5.92 Å². The summed E-state index contributed by atoms with van der Waals surface area (Å²) in [6, 6.07) is 5.15. The van der Waals surface area contributed by atoms with Gasteiger partial charge in [0.05, 0.1) is 11.1 Å². The predicted molar refractivity (Wildman–Crippen MR) is 114 cm³/mol. The average Bonchev–Trinajstić information content (AvgIpc) is 2.88. The van der Waals surface area contributed by atoms with Crippen LogP contribution in [0.2, 0.25) is 0 Å². The number of rotatable bonds is 4. The highest BCUT2D eigenvalue weighted by Gasteiger charge is 2.31. The second kappa shape index (κ2) is 9.63. The summed E-state index contributed by atoms with van der Waals surface area (Å²) in [6.07, 6.45) is 8.13. The Bertz CT molecular complexity index is 763. The van der Waals surface area contributed by atoms with Crippen LogP contribution in [-0.4, -0.2) is 43.2 Å². The van der Waals surface area contributed by atoms with Gasteiger partial charge in [-0.3, -0.25) is 9.69 Å². The summed E-state index contributed by atoms with van der Waals surface area (Å²) in [7, 11) is 0. The zero-order valence-corrected chi connectivity index (χ0v) is 18.0. The van der Waals surface area contributed by atoms with Gasteiger partial charge in [-0.25, -0.2) is 4.39 Å². The number of nitrogens with one attached hydrogen (secondary N) is 1.